The van der Waals surface area contributed by atoms with Gasteiger partial charge in [0.05, 0.1) is 4.90 Å². The van der Waals surface area contributed by atoms with Crippen molar-refractivity contribution in [2.75, 3.05) is 25.0 Å². The van der Waals surface area contributed by atoms with Crippen LogP contribution in [0.15, 0.2) is 29.2 Å². The Bertz CT molecular complexity index is 607. The highest BCUT2D eigenvalue weighted by atomic mass is 32.2. The second-order valence-corrected chi connectivity index (χ2v) is 7.36. The van der Waals surface area contributed by atoms with Crippen LogP contribution in [0.5, 0.6) is 0 Å². The summed E-state index contributed by atoms with van der Waals surface area (Å²) in [7, 11) is -3.51. The molecule has 0 saturated carbocycles. The zero-order valence-electron chi connectivity index (χ0n) is 13.0. The highest BCUT2D eigenvalue weighted by molar-refractivity contribution is 7.89. The predicted octanol–water partition coefficient (Wildman–Crippen LogP) is 1.41. The first-order valence-electron chi connectivity index (χ1n) is 7.55. The molecule has 7 heteroatoms. The van der Waals surface area contributed by atoms with Gasteiger partial charge in [-0.05, 0) is 43.7 Å². The number of benzene rings is 1. The van der Waals surface area contributed by atoms with Crippen LogP contribution in [0.1, 0.15) is 26.7 Å². The fraction of sp³-hybridized carbons (Fsp3) is 0.533. The molecule has 22 heavy (non-hydrogen) atoms. The number of anilines is 1. The molecule has 1 saturated heterocycles. The quantitative estimate of drug-likeness (QED) is 0.829. The average Bonchev–Trinajstić information content (AvgIpc) is 2.98. The van der Waals surface area contributed by atoms with Crippen molar-refractivity contribution in [1.82, 2.24) is 9.62 Å². The Labute approximate surface area is 131 Å². The van der Waals surface area contributed by atoms with Crippen molar-refractivity contribution < 1.29 is 13.2 Å². The summed E-state index contributed by atoms with van der Waals surface area (Å²) in [6.45, 7) is 5.46. The molecular formula is C15H23N3O3S. The predicted molar refractivity (Wildman–Crippen MR) is 86.2 cm³/mol. The third-order valence-electron chi connectivity index (χ3n) is 3.67. The summed E-state index contributed by atoms with van der Waals surface area (Å²) in [6.07, 6.45) is 1.61. The smallest absolute Gasteiger partial charge is 0.243 e. The van der Waals surface area contributed by atoms with E-state index in [9.17, 15) is 13.2 Å². The monoisotopic (exact) mass is 325 g/mol. The van der Waals surface area contributed by atoms with Gasteiger partial charge in [0.15, 0.2) is 0 Å². The van der Waals surface area contributed by atoms with Crippen LogP contribution in [0, 0.1) is 0 Å². The van der Waals surface area contributed by atoms with Crippen molar-refractivity contribution in [2.24, 2.45) is 0 Å². The van der Waals surface area contributed by atoms with E-state index < -0.39 is 10.0 Å². The largest absolute Gasteiger partial charge is 0.326 e. The van der Waals surface area contributed by atoms with Gasteiger partial charge in [-0.15, -0.1) is 0 Å². The van der Waals surface area contributed by atoms with E-state index >= 15 is 0 Å². The number of nitrogens with one attached hydrogen (secondary N) is 2. The molecule has 2 N–H and O–H groups in total. The Morgan fingerprint density at radius 3 is 2.55 bits per heavy atom. The SMILES string of the molecule is CCCN(C1CCNC1)S(=O)(=O)c1ccc(NC(C)=O)cc1. The van der Waals surface area contributed by atoms with Crippen molar-refractivity contribution in [3.8, 4) is 0 Å². The van der Waals surface area contributed by atoms with Gasteiger partial charge in [0.25, 0.3) is 0 Å². The van der Waals surface area contributed by atoms with Crippen LogP contribution < -0.4 is 10.6 Å². The van der Waals surface area contributed by atoms with E-state index in [-0.39, 0.29) is 16.8 Å². The van der Waals surface area contributed by atoms with Gasteiger partial charge in [0.1, 0.15) is 0 Å². The lowest BCUT2D eigenvalue weighted by Crippen LogP contribution is -2.41. The van der Waals surface area contributed by atoms with Crippen LogP contribution in [0.4, 0.5) is 5.69 Å². The number of amides is 1. The molecule has 1 aromatic rings. The molecule has 0 aromatic heterocycles. The molecule has 1 heterocycles. The minimum absolute atomic E-state index is 0.0139. The highest BCUT2D eigenvalue weighted by Gasteiger charge is 2.32. The Balaban J connectivity index is 2.24. The van der Waals surface area contributed by atoms with Gasteiger partial charge in [-0.3, -0.25) is 4.79 Å². The fourth-order valence-electron chi connectivity index (χ4n) is 2.65. The molecule has 6 nitrogen and oxygen atoms in total. The van der Waals surface area contributed by atoms with Crippen molar-refractivity contribution in [3.63, 3.8) is 0 Å². The third kappa shape index (κ3) is 3.85. The molecule has 0 bridgehead atoms. The van der Waals surface area contributed by atoms with E-state index in [2.05, 4.69) is 10.6 Å². The van der Waals surface area contributed by atoms with Crippen molar-refractivity contribution in [3.05, 3.63) is 24.3 Å². The van der Waals surface area contributed by atoms with Crippen LogP contribution in [0.25, 0.3) is 0 Å². The first-order chi connectivity index (χ1) is 10.4. The first kappa shape index (κ1) is 16.9. The lowest BCUT2D eigenvalue weighted by Gasteiger charge is -2.27. The molecule has 0 spiro atoms. The summed E-state index contributed by atoms with van der Waals surface area (Å²) in [5.74, 6) is -0.180. The molecule has 1 aromatic carbocycles. The van der Waals surface area contributed by atoms with Crippen molar-refractivity contribution in [2.45, 2.75) is 37.6 Å². The number of hydrogen-bond donors (Lipinski definition) is 2. The van der Waals surface area contributed by atoms with Gasteiger partial charge in [0, 0.05) is 31.7 Å². The zero-order chi connectivity index (χ0) is 16.2. The molecule has 1 aliphatic rings. The Morgan fingerprint density at radius 1 is 1.36 bits per heavy atom. The van der Waals surface area contributed by atoms with Crippen LogP contribution in [0.3, 0.4) is 0 Å². The molecule has 0 aliphatic carbocycles. The molecule has 1 amide bonds. The van der Waals surface area contributed by atoms with Gasteiger partial charge >= 0.3 is 0 Å². The Kier molecular flexibility index (Phi) is 5.55. The molecule has 1 fully saturated rings. The van der Waals surface area contributed by atoms with Crippen LogP contribution >= 0.6 is 0 Å². The number of nitrogens with zero attached hydrogens (tertiary/aromatic N) is 1. The van der Waals surface area contributed by atoms with E-state index in [1.807, 2.05) is 6.92 Å². The summed E-state index contributed by atoms with van der Waals surface area (Å²) in [5.41, 5.74) is 0.594. The maximum Gasteiger partial charge on any atom is 0.243 e. The average molecular weight is 325 g/mol. The normalized spacial score (nSPS) is 18.6. The maximum atomic E-state index is 12.9. The fourth-order valence-corrected chi connectivity index (χ4v) is 4.40. The van der Waals surface area contributed by atoms with Gasteiger partial charge in [-0.1, -0.05) is 6.92 Å². The summed E-state index contributed by atoms with van der Waals surface area (Å²) >= 11 is 0. The van der Waals surface area contributed by atoms with Gasteiger partial charge in [-0.25, -0.2) is 8.42 Å². The van der Waals surface area contributed by atoms with Crippen molar-refractivity contribution in [1.29, 1.82) is 0 Å². The van der Waals surface area contributed by atoms with Gasteiger partial charge < -0.3 is 10.6 Å². The lowest BCUT2D eigenvalue weighted by atomic mass is 10.2. The first-order valence-corrected chi connectivity index (χ1v) is 8.99. The molecule has 1 unspecified atom stereocenters. The summed E-state index contributed by atoms with van der Waals surface area (Å²) < 4.78 is 27.3. The molecular weight excluding hydrogens is 302 g/mol. The summed E-state index contributed by atoms with van der Waals surface area (Å²) in [4.78, 5) is 11.3. The third-order valence-corrected chi connectivity index (χ3v) is 5.63. The van der Waals surface area contributed by atoms with Crippen LogP contribution in [-0.2, 0) is 14.8 Å². The molecule has 2 rings (SSSR count). The number of carbonyl (C=O) groups excluding carboxylic acids is 1. The standard InChI is InChI=1S/C15H23N3O3S/c1-3-10-18(14-8-9-16-11-14)22(20,21)15-6-4-13(5-7-15)17-12(2)19/h4-7,14,16H,3,8-11H2,1-2H3,(H,17,19). The Hall–Kier alpha value is -1.44. The van der Waals surface area contributed by atoms with E-state index in [1.165, 1.54) is 6.92 Å². The Morgan fingerprint density at radius 2 is 2.05 bits per heavy atom. The van der Waals surface area contributed by atoms with Gasteiger partial charge in [0.2, 0.25) is 15.9 Å². The van der Waals surface area contributed by atoms with E-state index in [0.29, 0.717) is 18.8 Å². The minimum atomic E-state index is -3.51. The molecule has 122 valence electrons. The summed E-state index contributed by atoms with van der Waals surface area (Å²) in [5, 5.41) is 5.85. The lowest BCUT2D eigenvalue weighted by molar-refractivity contribution is -0.114. The number of sulfonamides is 1. The zero-order valence-corrected chi connectivity index (χ0v) is 13.8. The highest BCUT2D eigenvalue weighted by Crippen LogP contribution is 2.23. The second kappa shape index (κ2) is 7.21. The minimum Gasteiger partial charge on any atom is -0.326 e. The second-order valence-electron chi connectivity index (χ2n) is 5.47. The molecule has 1 aliphatic heterocycles. The van der Waals surface area contributed by atoms with Crippen LogP contribution in [-0.4, -0.2) is 44.3 Å². The molecule has 1 atom stereocenters. The molecule has 0 radical (unpaired) electrons. The van der Waals surface area contributed by atoms with Gasteiger partial charge in [-0.2, -0.15) is 4.31 Å². The van der Waals surface area contributed by atoms with E-state index in [0.717, 1.165) is 19.4 Å². The summed E-state index contributed by atoms with van der Waals surface area (Å²) in [6, 6.07) is 6.34. The number of hydrogen-bond acceptors (Lipinski definition) is 4. The van der Waals surface area contributed by atoms with E-state index in [1.54, 1.807) is 28.6 Å². The number of carbonyl (C=O) groups is 1. The maximum absolute atomic E-state index is 12.9. The topological polar surface area (TPSA) is 78.5 Å². The van der Waals surface area contributed by atoms with Crippen LogP contribution in [0.2, 0.25) is 0 Å². The van der Waals surface area contributed by atoms with Crippen molar-refractivity contribution >= 4 is 21.6 Å². The number of rotatable bonds is 6. The van der Waals surface area contributed by atoms with E-state index in [4.69, 9.17) is 0 Å².